The van der Waals surface area contributed by atoms with Gasteiger partial charge in [-0.2, -0.15) is 13.2 Å². The Hall–Kier alpha value is -2.79. The van der Waals surface area contributed by atoms with Crippen LogP contribution in [0.3, 0.4) is 0 Å². The van der Waals surface area contributed by atoms with Crippen molar-refractivity contribution in [1.29, 1.82) is 0 Å². The lowest BCUT2D eigenvalue weighted by atomic mass is 10.1. The lowest BCUT2D eigenvalue weighted by Crippen LogP contribution is -2.51. The summed E-state index contributed by atoms with van der Waals surface area (Å²) in [4.78, 5) is 27.3. The lowest BCUT2D eigenvalue weighted by molar-refractivity contribution is -0.139. The first-order valence-corrected chi connectivity index (χ1v) is 13.3. The van der Waals surface area contributed by atoms with Crippen LogP contribution < -0.4 is 9.62 Å². The van der Waals surface area contributed by atoms with Crippen LogP contribution >= 0.6 is 11.6 Å². The molecule has 0 fully saturated rings. The summed E-state index contributed by atoms with van der Waals surface area (Å²) in [5.74, 6) is -1.20. The van der Waals surface area contributed by atoms with Crippen molar-refractivity contribution in [3.63, 3.8) is 0 Å². The first-order chi connectivity index (χ1) is 16.6. The summed E-state index contributed by atoms with van der Waals surface area (Å²) >= 11 is 5.67. The zero-order chi connectivity index (χ0) is 27.3. The average molecular weight is 548 g/mol. The second-order valence-corrected chi connectivity index (χ2v) is 10.7. The molecule has 0 saturated carbocycles. The minimum absolute atomic E-state index is 0.00670. The predicted molar refractivity (Wildman–Crippen MR) is 133 cm³/mol. The van der Waals surface area contributed by atoms with Gasteiger partial charge in [0.25, 0.3) is 0 Å². The van der Waals surface area contributed by atoms with Crippen molar-refractivity contribution in [1.82, 2.24) is 10.2 Å². The second kappa shape index (κ2) is 12.0. The molecule has 198 valence electrons. The summed E-state index contributed by atoms with van der Waals surface area (Å²) in [6, 6.07) is 8.84. The van der Waals surface area contributed by atoms with E-state index < -0.39 is 51.2 Å². The van der Waals surface area contributed by atoms with Crippen LogP contribution in [-0.4, -0.2) is 50.5 Å². The zero-order valence-corrected chi connectivity index (χ0v) is 22.0. The van der Waals surface area contributed by atoms with Crippen molar-refractivity contribution >= 4 is 39.1 Å². The number of hydrogen-bond donors (Lipinski definition) is 1. The molecule has 7 nitrogen and oxygen atoms in total. The van der Waals surface area contributed by atoms with Gasteiger partial charge in [-0.1, -0.05) is 48.4 Å². The smallest absolute Gasteiger partial charge is 0.354 e. The number of sulfonamides is 1. The van der Waals surface area contributed by atoms with Crippen LogP contribution in [0.2, 0.25) is 5.02 Å². The molecule has 0 bridgehead atoms. The van der Waals surface area contributed by atoms with E-state index in [9.17, 15) is 31.2 Å². The highest BCUT2D eigenvalue weighted by Gasteiger charge is 2.35. The number of carbonyl (C=O) groups is 2. The quantitative estimate of drug-likeness (QED) is 0.478. The third-order valence-corrected chi connectivity index (χ3v) is 6.84. The summed E-state index contributed by atoms with van der Waals surface area (Å²) in [6.07, 6.45) is -3.38. The van der Waals surface area contributed by atoms with Gasteiger partial charge in [-0.3, -0.25) is 13.9 Å². The van der Waals surface area contributed by atoms with E-state index in [2.05, 4.69) is 5.32 Å². The van der Waals surface area contributed by atoms with Gasteiger partial charge in [0.2, 0.25) is 21.8 Å². The van der Waals surface area contributed by atoms with Gasteiger partial charge < -0.3 is 10.2 Å². The molecule has 0 aliphatic carbocycles. The molecule has 0 spiro atoms. The number of anilines is 1. The van der Waals surface area contributed by atoms with Crippen LogP contribution in [0.15, 0.2) is 42.5 Å². The van der Waals surface area contributed by atoms with Gasteiger partial charge in [0, 0.05) is 13.1 Å². The van der Waals surface area contributed by atoms with Crippen LogP contribution in [0.1, 0.15) is 37.0 Å². The van der Waals surface area contributed by atoms with E-state index in [1.54, 1.807) is 12.1 Å². The topological polar surface area (TPSA) is 86.8 Å². The van der Waals surface area contributed by atoms with E-state index >= 15 is 0 Å². The van der Waals surface area contributed by atoms with Crippen LogP contribution in [0.5, 0.6) is 0 Å². The summed E-state index contributed by atoms with van der Waals surface area (Å²) < 4.78 is 65.8. The third kappa shape index (κ3) is 7.86. The Labute approximate surface area is 214 Å². The molecule has 2 rings (SSSR count). The molecule has 12 heteroatoms. The van der Waals surface area contributed by atoms with Crippen molar-refractivity contribution in [2.75, 3.05) is 23.7 Å². The molecule has 1 atom stereocenters. The van der Waals surface area contributed by atoms with Crippen LogP contribution in [-0.2, 0) is 32.3 Å². The number of halogens is 4. The van der Waals surface area contributed by atoms with Gasteiger partial charge >= 0.3 is 6.18 Å². The standard InChI is InChI=1S/C24H29ClF3N3O4S/c1-5-11-29-23(33)17(3)30(14-18-8-6-7-16(2)12-18)22(32)15-31(36(4,34)35)19-9-10-21(25)20(13-19)24(26,27)28/h6-10,12-13,17H,5,11,14-15H2,1-4H3,(H,29,33)/t17-/m1/s1. The Morgan fingerprint density at radius 1 is 1.14 bits per heavy atom. The lowest BCUT2D eigenvalue weighted by Gasteiger charge is -2.31. The number of benzene rings is 2. The van der Waals surface area contributed by atoms with Gasteiger partial charge in [0.05, 0.1) is 22.5 Å². The number of nitrogens with zero attached hydrogens (tertiary/aromatic N) is 2. The number of alkyl halides is 3. The van der Waals surface area contributed by atoms with Crippen LogP contribution in [0.4, 0.5) is 18.9 Å². The highest BCUT2D eigenvalue weighted by atomic mass is 35.5. The molecule has 0 aliphatic heterocycles. The van der Waals surface area contributed by atoms with Gasteiger partial charge in [0.1, 0.15) is 12.6 Å². The number of aryl methyl sites for hydroxylation is 1. The van der Waals surface area contributed by atoms with E-state index in [-0.39, 0.29) is 12.2 Å². The van der Waals surface area contributed by atoms with Gasteiger partial charge in [-0.25, -0.2) is 8.42 Å². The molecule has 0 radical (unpaired) electrons. The van der Waals surface area contributed by atoms with E-state index in [4.69, 9.17) is 11.6 Å². The maximum atomic E-state index is 13.4. The fourth-order valence-corrected chi connectivity index (χ4v) is 4.55. The SMILES string of the molecule is CCCNC(=O)[C@@H](C)N(Cc1cccc(C)c1)C(=O)CN(c1ccc(Cl)c(C(F)(F)F)c1)S(C)(=O)=O. The number of hydrogen-bond acceptors (Lipinski definition) is 4. The minimum atomic E-state index is -4.83. The second-order valence-electron chi connectivity index (χ2n) is 8.41. The summed E-state index contributed by atoms with van der Waals surface area (Å²) in [5, 5.41) is 2.10. The van der Waals surface area contributed by atoms with Crippen molar-refractivity contribution in [3.8, 4) is 0 Å². The van der Waals surface area contributed by atoms with Gasteiger partial charge in [-0.05, 0) is 44.0 Å². The van der Waals surface area contributed by atoms with E-state index in [1.165, 1.54) is 11.8 Å². The highest BCUT2D eigenvalue weighted by molar-refractivity contribution is 7.92. The normalized spacial score (nSPS) is 12.7. The molecule has 0 saturated heterocycles. The summed E-state index contributed by atoms with van der Waals surface area (Å²) in [6.45, 7) is 4.80. The zero-order valence-electron chi connectivity index (χ0n) is 20.4. The molecule has 36 heavy (non-hydrogen) atoms. The van der Waals surface area contributed by atoms with Crippen LogP contribution in [0, 0.1) is 6.92 Å². The summed E-state index contributed by atoms with van der Waals surface area (Å²) in [5.41, 5.74) is 0.0182. The Morgan fingerprint density at radius 3 is 2.36 bits per heavy atom. The Bertz CT molecular complexity index is 1210. The third-order valence-electron chi connectivity index (χ3n) is 5.37. The van der Waals surface area contributed by atoms with Crippen molar-refractivity contribution in [2.45, 2.75) is 46.0 Å². The van der Waals surface area contributed by atoms with Gasteiger partial charge in [-0.15, -0.1) is 0 Å². The van der Waals surface area contributed by atoms with Crippen LogP contribution in [0.25, 0.3) is 0 Å². The average Bonchev–Trinajstić information content (AvgIpc) is 2.78. The van der Waals surface area contributed by atoms with E-state index in [1.807, 2.05) is 26.0 Å². The molecule has 0 aromatic heterocycles. The molecule has 0 heterocycles. The number of amides is 2. The first-order valence-electron chi connectivity index (χ1n) is 11.1. The van der Waals surface area contributed by atoms with Gasteiger partial charge in [0.15, 0.2) is 0 Å². The fraction of sp³-hybridized carbons (Fsp3) is 0.417. The molecule has 2 aromatic rings. The molecule has 0 aliphatic rings. The maximum Gasteiger partial charge on any atom is 0.417 e. The van der Waals surface area contributed by atoms with Crippen molar-refractivity contribution < 1.29 is 31.2 Å². The highest BCUT2D eigenvalue weighted by Crippen LogP contribution is 2.37. The molecule has 1 N–H and O–H groups in total. The van der Waals surface area contributed by atoms with E-state index in [0.29, 0.717) is 28.9 Å². The Balaban J connectivity index is 2.46. The number of rotatable bonds is 10. The fourth-order valence-electron chi connectivity index (χ4n) is 3.49. The molecule has 0 unspecified atom stereocenters. The van der Waals surface area contributed by atoms with Crippen molar-refractivity contribution in [2.24, 2.45) is 0 Å². The summed E-state index contributed by atoms with van der Waals surface area (Å²) in [7, 11) is -4.19. The molecule has 2 aromatic carbocycles. The molecular weight excluding hydrogens is 519 g/mol. The predicted octanol–water partition coefficient (Wildman–Crippen LogP) is 4.38. The monoisotopic (exact) mass is 547 g/mol. The number of carbonyl (C=O) groups excluding carboxylic acids is 2. The molecule has 2 amide bonds. The maximum absolute atomic E-state index is 13.4. The van der Waals surface area contributed by atoms with E-state index in [0.717, 1.165) is 24.0 Å². The van der Waals surface area contributed by atoms with Crippen molar-refractivity contribution in [3.05, 3.63) is 64.2 Å². The first kappa shape index (κ1) is 29.4. The molecular formula is C24H29ClF3N3O4S. The largest absolute Gasteiger partial charge is 0.417 e. The Morgan fingerprint density at radius 2 is 1.81 bits per heavy atom. The minimum Gasteiger partial charge on any atom is -0.354 e. The number of nitrogens with one attached hydrogen (secondary N) is 1. The Kier molecular flexibility index (Phi) is 9.78.